The number of Topliss-reactive ketones (excluding diaryl/α,β-unsaturated/α-hetero) is 1. The molecule has 0 spiro atoms. The maximum absolute atomic E-state index is 13.8. The van der Waals surface area contributed by atoms with Gasteiger partial charge in [-0.15, -0.1) is 0 Å². The number of carbonyl (C=O) groups excluding carboxylic acids is 2. The Kier molecular flexibility index (Phi) is 9.66. The third-order valence-corrected chi connectivity index (χ3v) is 6.13. The van der Waals surface area contributed by atoms with Gasteiger partial charge in [0, 0.05) is 19.5 Å². The van der Waals surface area contributed by atoms with Gasteiger partial charge in [0.25, 0.3) is 5.17 Å². The highest BCUT2D eigenvalue weighted by Crippen LogP contribution is 2.17. The van der Waals surface area contributed by atoms with Crippen molar-refractivity contribution < 1.29 is 19.1 Å². The molecule has 6 nitrogen and oxygen atoms in total. The Morgan fingerprint density at radius 3 is 2.11 bits per heavy atom. The fraction of sp³-hybridized carbons (Fsp3) is 0.464. The first-order chi connectivity index (χ1) is 16.7. The lowest BCUT2D eigenvalue weighted by molar-refractivity contribution is -0.129. The molecule has 0 bridgehead atoms. The molecule has 2 aromatic rings. The van der Waals surface area contributed by atoms with Gasteiger partial charge in [0.05, 0.1) is 6.04 Å². The zero-order valence-electron chi connectivity index (χ0n) is 20.9. The predicted molar refractivity (Wildman–Crippen MR) is 141 cm³/mol. The third-order valence-electron chi connectivity index (χ3n) is 5.78. The van der Waals surface area contributed by atoms with E-state index < -0.39 is 23.8 Å². The van der Waals surface area contributed by atoms with Gasteiger partial charge in [-0.05, 0) is 69.8 Å². The molecule has 1 saturated heterocycles. The summed E-state index contributed by atoms with van der Waals surface area (Å²) in [6, 6.07) is 18.8. The van der Waals surface area contributed by atoms with E-state index in [4.69, 9.17) is 21.7 Å². The lowest BCUT2D eigenvalue weighted by atomic mass is 9.95. The van der Waals surface area contributed by atoms with E-state index in [-0.39, 0.29) is 5.78 Å². The summed E-state index contributed by atoms with van der Waals surface area (Å²) in [5.74, 6) is -0.211. The molecule has 2 atom stereocenters. The summed E-state index contributed by atoms with van der Waals surface area (Å²) in [7, 11) is 0. The first-order valence-electron chi connectivity index (χ1n) is 12.3. The van der Waals surface area contributed by atoms with E-state index in [2.05, 4.69) is 5.32 Å². The second kappa shape index (κ2) is 12.7. The summed E-state index contributed by atoms with van der Waals surface area (Å²) in [5.41, 5.74) is 1.37. The standard InChI is InChI=1S/C28H36N2O4S/c1-28(2,3)34-26(32)29-23(20-22-14-8-5-9-15-22)25(31)24(17-16-21-12-6-4-7-13-21)33-27(35)30-18-10-11-19-30/h4-9,12-15,23-24H,10-11,16-20H2,1-3H3,(H,29,32)/t23-,24+/m0/s1. The molecule has 0 saturated carbocycles. The van der Waals surface area contributed by atoms with Crippen molar-refractivity contribution in [3.63, 3.8) is 0 Å². The highest BCUT2D eigenvalue weighted by Gasteiger charge is 2.33. The number of nitrogens with zero attached hydrogens (tertiary/aromatic N) is 1. The molecule has 1 amide bonds. The van der Waals surface area contributed by atoms with Crippen molar-refractivity contribution in [2.24, 2.45) is 0 Å². The van der Waals surface area contributed by atoms with Crippen molar-refractivity contribution in [3.8, 4) is 0 Å². The minimum Gasteiger partial charge on any atom is -0.459 e. The van der Waals surface area contributed by atoms with E-state index in [1.165, 1.54) is 0 Å². The molecule has 1 aliphatic rings. The number of thiocarbonyl (C=S) groups is 1. The smallest absolute Gasteiger partial charge is 0.408 e. The van der Waals surface area contributed by atoms with Crippen LogP contribution >= 0.6 is 12.2 Å². The highest BCUT2D eigenvalue weighted by atomic mass is 32.1. The van der Waals surface area contributed by atoms with Gasteiger partial charge < -0.3 is 19.7 Å². The van der Waals surface area contributed by atoms with Crippen LogP contribution in [-0.4, -0.2) is 52.8 Å². The summed E-state index contributed by atoms with van der Waals surface area (Å²) in [5, 5.41) is 3.15. The third kappa shape index (κ3) is 8.98. The minimum atomic E-state index is -0.811. The molecule has 0 aliphatic carbocycles. The second-order valence-electron chi connectivity index (χ2n) is 9.88. The largest absolute Gasteiger partial charge is 0.459 e. The molecule has 3 rings (SSSR count). The Bertz CT molecular complexity index is 969. The molecule has 35 heavy (non-hydrogen) atoms. The van der Waals surface area contributed by atoms with E-state index in [9.17, 15) is 9.59 Å². The molecular weight excluding hydrogens is 460 g/mol. The van der Waals surface area contributed by atoms with Crippen molar-refractivity contribution >= 4 is 29.3 Å². The monoisotopic (exact) mass is 496 g/mol. The summed E-state index contributed by atoms with van der Waals surface area (Å²) in [6.45, 7) is 7.05. The first-order valence-corrected chi connectivity index (χ1v) is 12.7. The van der Waals surface area contributed by atoms with Gasteiger partial charge in [0.2, 0.25) is 0 Å². The summed E-state index contributed by atoms with van der Waals surface area (Å²) in [4.78, 5) is 28.5. The van der Waals surface area contributed by atoms with Gasteiger partial charge >= 0.3 is 6.09 Å². The van der Waals surface area contributed by atoms with E-state index in [1.807, 2.05) is 65.6 Å². The second-order valence-corrected chi connectivity index (χ2v) is 10.2. The van der Waals surface area contributed by atoms with Crippen LogP contribution in [-0.2, 0) is 27.1 Å². The topological polar surface area (TPSA) is 67.9 Å². The van der Waals surface area contributed by atoms with Crippen LogP contribution in [0.4, 0.5) is 4.79 Å². The minimum absolute atomic E-state index is 0.211. The number of hydrogen-bond donors (Lipinski definition) is 1. The summed E-state index contributed by atoms with van der Waals surface area (Å²) >= 11 is 5.56. The lowest BCUT2D eigenvalue weighted by Crippen LogP contribution is -2.50. The number of aryl methyl sites for hydroxylation is 1. The average molecular weight is 497 g/mol. The number of hydrogen-bond acceptors (Lipinski definition) is 5. The molecule has 1 aliphatic heterocycles. The first kappa shape index (κ1) is 26.7. The fourth-order valence-corrected chi connectivity index (χ4v) is 4.34. The Balaban J connectivity index is 1.80. The highest BCUT2D eigenvalue weighted by molar-refractivity contribution is 7.80. The van der Waals surface area contributed by atoms with Gasteiger partial charge in [-0.25, -0.2) is 4.79 Å². The van der Waals surface area contributed by atoms with Crippen molar-refractivity contribution in [2.75, 3.05) is 13.1 Å². The number of alkyl carbamates (subject to hydrolysis) is 1. The van der Waals surface area contributed by atoms with Gasteiger partial charge in [0.15, 0.2) is 11.9 Å². The number of benzene rings is 2. The van der Waals surface area contributed by atoms with Crippen molar-refractivity contribution in [2.45, 2.75) is 70.6 Å². The fourth-order valence-electron chi connectivity index (χ4n) is 4.04. The van der Waals surface area contributed by atoms with E-state index >= 15 is 0 Å². The maximum atomic E-state index is 13.8. The molecule has 2 aromatic carbocycles. The van der Waals surface area contributed by atoms with Crippen molar-refractivity contribution in [1.29, 1.82) is 0 Å². The predicted octanol–water partition coefficient (Wildman–Crippen LogP) is 5.09. The Labute approximate surface area is 214 Å². The Morgan fingerprint density at radius 1 is 0.971 bits per heavy atom. The van der Waals surface area contributed by atoms with Crippen LogP contribution in [0.15, 0.2) is 60.7 Å². The molecule has 0 radical (unpaired) electrons. The number of rotatable bonds is 9. The number of ether oxygens (including phenoxy) is 2. The summed E-state index contributed by atoms with van der Waals surface area (Å²) < 4.78 is 11.6. The SMILES string of the molecule is CC(C)(C)OC(=O)N[C@@H](Cc1ccccc1)C(=O)[C@@H](CCc1ccccc1)OC(=S)N1CCCC1. The molecular formula is C28H36N2O4S. The Morgan fingerprint density at radius 2 is 1.54 bits per heavy atom. The van der Waals surface area contributed by atoms with Crippen LogP contribution in [0.5, 0.6) is 0 Å². The number of carbonyl (C=O) groups is 2. The average Bonchev–Trinajstić information content (AvgIpc) is 3.36. The van der Waals surface area contributed by atoms with Crippen LogP contribution in [0, 0.1) is 0 Å². The van der Waals surface area contributed by atoms with Crippen LogP contribution < -0.4 is 5.32 Å². The number of amides is 1. The van der Waals surface area contributed by atoms with E-state index in [1.54, 1.807) is 20.8 Å². The van der Waals surface area contributed by atoms with Crippen molar-refractivity contribution in [1.82, 2.24) is 10.2 Å². The number of ketones is 1. The zero-order chi connectivity index (χ0) is 25.3. The Hall–Kier alpha value is -2.93. The van der Waals surface area contributed by atoms with Gasteiger partial charge in [-0.3, -0.25) is 4.79 Å². The zero-order valence-corrected chi connectivity index (χ0v) is 21.7. The van der Waals surface area contributed by atoms with Crippen LogP contribution in [0.3, 0.4) is 0 Å². The van der Waals surface area contributed by atoms with Crippen LogP contribution in [0.1, 0.15) is 51.2 Å². The van der Waals surface area contributed by atoms with E-state index in [0.717, 1.165) is 37.1 Å². The molecule has 1 heterocycles. The van der Waals surface area contributed by atoms with Gasteiger partial charge in [-0.1, -0.05) is 60.7 Å². The molecule has 188 valence electrons. The quantitative estimate of drug-likeness (QED) is 0.488. The number of likely N-dealkylation sites (tertiary alicyclic amines) is 1. The van der Waals surface area contributed by atoms with Crippen molar-refractivity contribution in [3.05, 3.63) is 71.8 Å². The van der Waals surface area contributed by atoms with E-state index in [0.29, 0.717) is 24.4 Å². The molecule has 7 heteroatoms. The van der Waals surface area contributed by atoms with Gasteiger partial charge in [-0.2, -0.15) is 0 Å². The summed E-state index contributed by atoms with van der Waals surface area (Å²) in [6.07, 6.45) is 2.15. The maximum Gasteiger partial charge on any atom is 0.408 e. The van der Waals surface area contributed by atoms with Crippen LogP contribution in [0.2, 0.25) is 0 Å². The van der Waals surface area contributed by atoms with Gasteiger partial charge in [0.1, 0.15) is 5.60 Å². The molecule has 1 fully saturated rings. The molecule has 0 aromatic heterocycles. The lowest BCUT2D eigenvalue weighted by Gasteiger charge is -2.28. The molecule has 0 unspecified atom stereocenters. The molecule has 1 N–H and O–H groups in total. The normalized spacial score (nSPS) is 15.2. The number of nitrogens with one attached hydrogen (secondary N) is 1. The van der Waals surface area contributed by atoms with Crippen LogP contribution in [0.25, 0.3) is 0 Å².